The smallest absolute Gasteiger partial charge is 0.160 e. The van der Waals surface area contributed by atoms with Crippen LogP contribution < -0.4 is 4.74 Å². The SMILES string of the molecule is CCc1ccc(OC)c(-c2ccc(C=O)s2)c1. The van der Waals surface area contributed by atoms with Crippen LogP contribution in [0.3, 0.4) is 0 Å². The van der Waals surface area contributed by atoms with E-state index in [1.807, 2.05) is 18.2 Å². The Kier molecular flexibility index (Phi) is 3.59. The molecule has 0 amide bonds. The highest BCUT2D eigenvalue weighted by Gasteiger charge is 2.09. The first kappa shape index (κ1) is 11.9. The van der Waals surface area contributed by atoms with Crippen LogP contribution in [0.25, 0.3) is 10.4 Å². The number of carbonyl (C=O) groups is 1. The predicted molar refractivity (Wildman–Crippen MR) is 71.1 cm³/mol. The van der Waals surface area contributed by atoms with Gasteiger partial charge in [-0.1, -0.05) is 13.0 Å². The van der Waals surface area contributed by atoms with Crippen LogP contribution in [0.2, 0.25) is 0 Å². The lowest BCUT2D eigenvalue weighted by atomic mass is 10.1. The Labute approximate surface area is 105 Å². The minimum Gasteiger partial charge on any atom is -0.496 e. The number of thiophene rings is 1. The third-order valence-electron chi connectivity index (χ3n) is 2.68. The summed E-state index contributed by atoms with van der Waals surface area (Å²) in [6, 6.07) is 9.97. The van der Waals surface area contributed by atoms with Crippen molar-refractivity contribution in [1.82, 2.24) is 0 Å². The Balaban J connectivity index is 2.51. The molecule has 0 atom stereocenters. The molecule has 2 rings (SSSR count). The lowest BCUT2D eigenvalue weighted by Crippen LogP contribution is -1.88. The molecule has 1 heterocycles. The number of carbonyl (C=O) groups excluding carboxylic acids is 1. The molecule has 0 spiro atoms. The summed E-state index contributed by atoms with van der Waals surface area (Å²) < 4.78 is 5.36. The summed E-state index contributed by atoms with van der Waals surface area (Å²) >= 11 is 1.49. The topological polar surface area (TPSA) is 26.3 Å². The van der Waals surface area contributed by atoms with E-state index in [2.05, 4.69) is 19.1 Å². The summed E-state index contributed by atoms with van der Waals surface area (Å²) in [5.41, 5.74) is 2.33. The Bertz CT molecular complexity index is 529. The van der Waals surface area contributed by atoms with E-state index >= 15 is 0 Å². The fourth-order valence-electron chi connectivity index (χ4n) is 1.73. The molecule has 1 aromatic carbocycles. The van der Waals surface area contributed by atoms with Gasteiger partial charge >= 0.3 is 0 Å². The van der Waals surface area contributed by atoms with Crippen molar-refractivity contribution in [1.29, 1.82) is 0 Å². The molecule has 0 saturated carbocycles. The van der Waals surface area contributed by atoms with Crippen molar-refractivity contribution in [2.75, 3.05) is 7.11 Å². The van der Waals surface area contributed by atoms with Gasteiger partial charge in [-0.15, -0.1) is 11.3 Å². The molecule has 88 valence electrons. The maximum absolute atomic E-state index is 10.7. The van der Waals surface area contributed by atoms with Crippen LogP contribution in [0, 0.1) is 0 Å². The van der Waals surface area contributed by atoms with Gasteiger partial charge in [-0.25, -0.2) is 0 Å². The van der Waals surface area contributed by atoms with Crippen LogP contribution >= 0.6 is 11.3 Å². The highest BCUT2D eigenvalue weighted by atomic mass is 32.1. The number of hydrogen-bond acceptors (Lipinski definition) is 3. The number of benzene rings is 1. The van der Waals surface area contributed by atoms with Crippen LogP contribution in [-0.2, 0) is 6.42 Å². The molecule has 0 saturated heterocycles. The van der Waals surface area contributed by atoms with E-state index in [-0.39, 0.29) is 0 Å². The van der Waals surface area contributed by atoms with E-state index < -0.39 is 0 Å². The quantitative estimate of drug-likeness (QED) is 0.767. The van der Waals surface area contributed by atoms with E-state index in [1.54, 1.807) is 7.11 Å². The number of aryl methyl sites for hydroxylation is 1. The Morgan fingerprint density at radius 3 is 2.71 bits per heavy atom. The number of aldehydes is 1. The molecule has 3 heteroatoms. The summed E-state index contributed by atoms with van der Waals surface area (Å²) in [5.74, 6) is 0.849. The van der Waals surface area contributed by atoms with Crippen molar-refractivity contribution in [3.05, 3.63) is 40.8 Å². The van der Waals surface area contributed by atoms with Crippen LogP contribution in [0.5, 0.6) is 5.75 Å². The lowest BCUT2D eigenvalue weighted by Gasteiger charge is -2.08. The normalized spacial score (nSPS) is 10.2. The summed E-state index contributed by atoms with van der Waals surface area (Å²) in [4.78, 5) is 12.5. The standard InChI is InChI=1S/C14H14O2S/c1-3-10-4-6-13(16-2)12(8-10)14-7-5-11(9-15)17-14/h4-9H,3H2,1-2H3. The van der Waals surface area contributed by atoms with Crippen molar-refractivity contribution < 1.29 is 9.53 Å². The average molecular weight is 246 g/mol. The summed E-state index contributed by atoms with van der Waals surface area (Å²) in [6.07, 6.45) is 1.87. The first-order valence-electron chi connectivity index (χ1n) is 5.50. The highest BCUT2D eigenvalue weighted by molar-refractivity contribution is 7.17. The second kappa shape index (κ2) is 5.15. The zero-order valence-electron chi connectivity index (χ0n) is 9.90. The van der Waals surface area contributed by atoms with Crippen molar-refractivity contribution in [3.8, 4) is 16.2 Å². The van der Waals surface area contributed by atoms with Crippen LogP contribution in [0.1, 0.15) is 22.2 Å². The molecule has 1 aromatic heterocycles. The minimum atomic E-state index is 0.740. The van der Waals surface area contributed by atoms with Gasteiger partial charge in [-0.05, 0) is 36.2 Å². The Morgan fingerprint density at radius 1 is 1.29 bits per heavy atom. The second-order valence-electron chi connectivity index (χ2n) is 3.71. The van der Waals surface area contributed by atoms with Gasteiger partial charge in [0, 0.05) is 10.4 Å². The fourth-order valence-corrected chi connectivity index (χ4v) is 2.57. The van der Waals surface area contributed by atoms with Crippen molar-refractivity contribution >= 4 is 17.6 Å². The maximum Gasteiger partial charge on any atom is 0.160 e. The van der Waals surface area contributed by atoms with E-state index in [9.17, 15) is 4.79 Å². The van der Waals surface area contributed by atoms with Gasteiger partial charge in [0.1, 0.15) is 5.75 Å². The van der Waals surface area contributed by atoms with Crippen molar-refractivity contribution in [2.24, 2.45) is 0 Å². The Morgan fingerprint density at radius 2 is 2.12 bits per heavy atom. The summed E-state index contributed by atoms with van der Waals surface area (Å²) in [6.45, 7) is 2.12. The van der Waals surface area contributed by atoms with Gasteiger partial charge < -0.3 is 4.74 Å². The van der Waals surface area contributed by atoms with E-state index in [1.165, 1.54) is 16.9 Å². The van der Waals surface area contributed by atoms with Crippen LogP contribution in [0.15, 0.2) is 30.3 Å². The number of methoxy groups -OCH3 is 1. The highest BCUT2D eigenvalue weighted by Crippen LogP contribution is 2.35. The minimum absolute atomic E-state index is 0.740. The van der Waals surface area contributed by atoms with Gasteiger partial charge in [-0.2, -0.15) is 0 Å². The second-order valence-corrected chi connectivity index (χ2v) is 4.82. The molecule has 2 nitrogen and oxygen atoms in total. The molecule has 0 bridgehead atoms. The first-order valence-corrected chi connectivity index (χ1v) is 6.32. The molecule has 0 aliphatic carbocycles. The summed E-state index contributed by atoms with van der Waals surface area (Å²) in [7, 11) is 1.67. The first-order chi connectivity index (χ1) is 8.28. The molecule has 0 unspecified atom stereocenters. The fraction of sp³-hybridized carbons (Fsp3) is 0.214. The zero-order valence-corrected chi connectivity index (χ0v) is 10.7. The number of hydrogen-bond donors (Lipinski definition) is 0. The summed E-state index contributed by atoms with van der Waals surface area (Å²) in [5, 5.41) is 0. The van der Waals surface area contributed by atoms with Crippen LogP contribution in [0.4, 0.5) is 0 Å². The molecule has 0 fully saturated rings. The molecule has 0 aliphatic rings. The van der Waals surface area contributed by atoms with Crippen molar-refractivity contribution in [3.63, 3.8) is 0 Å². The van der Waals surface area contributed by atoms with E-state index in [4.69, 9.17) is 4.74 Å². The van der Waals surface area contributed by atoms with E-state index in [0.29, 0.717) is 0 Å². The largest absolute Gasteiger partial charge is 0.496 e. The lowest BCUT2D eigenvalue weighted by molar-refractivity contribution is 0.112. The van der Waals surface area contributed by atoms with Gasteiger partial charge in [0.15, 0.2) is 6.29 Å². The third kappa shape index (κ3) is 2.39. The van der Waals surface area contributed by atoms with E-state index in [0.717, 1.165) is 33.8 Å². The van der Waals surface area contributed by atoms with Crippen LogP contribution in [-0.4, -0.2) is 13.4 Å². The average Bonchev–Trinajstić information content (AvgIpc) is 2.86. The number of rotatable bonds is 4. The maximum atomic E-state index is 10.7. The van der Waals surface area contributed by atoms with Crippen molar-refractivity contribution in [2.45, 2.75) is 13.3 Å². The molecule has 0 N–H and O–H groups in total. The molecule has 2 aromatic rings. The molecule has 0 aliphatic heterocycles. The zero-order chi connectivity index (χ0) is 12.3. The molecule has 17 heavy (non-hydrogen) atoms. The van der Waals surface area contributed by atoms with Gasteiger partial charge in [-0.3, -0.25) is 4.79 Å². The van der Waals surface area contributed by atoms with Gasteiger partial charge in [0.2, 0.25) is 0 Å². The molecule has 0 radical (unpaired) electrons. The predicted octanol–water partition coefficient (Wildman–Crippen LogP) is 3.80. The number of ether oxygens (including phenoxy) is 1. The molecular weight excluding hydrogens is 232 g/mol. The van der Waals surface area contributed by atoms with Gasteiger partial charge in [0.05, 0.1) is 12.0 Å². The Hall–Kier alpha value is -1.61. The van der Waals surface area contributed by atoms with Gasteiger partial charge in [0.25, 0.3) is 0 Å². The molecular formula is C14H14O2S. The third-order valence-corrected chi connectivity index (χ3v) is 3.72. The monoisotopic (exact) mass is 246 g/mol.